The largest absolute Gasteiger partial charge is 0.265 e. The van der Waals surface area contributed by atoms with E-state index in [1.54, 1.807) is 37.2 Å². The monoisotopic (exact) mass is 309 g/mol. The fourth-order valence-electron chi connectivity index (χ4n) is 0.938. The van der Waals surface area contributed by atoms with Crippen molar-refractivity contribution in [2.45, 2.75) is 0 Å². The Kier molecular flexibility index (Phi) is 17.3. The van der Waals surface area contributed by atoms with Crippen LogP contribution in [-0.4, -0.2) is 15.0 Å². The minimum Gasteiger partial charge on any atom is -0.265 e. The van der Waals surface area contributed by atoms with Gasteiger partial charge in [0.05, 0.1) is 0 Å². The van der Waals surface area contributed by atoms with Gasteiger partial charge in [-0.2, -0.15) is 0 Å². The highest BCUT2D eigenvalue weighted by atomic mass is 35.5. The summed E-state index contributed by atoms with van der Waals surface area (Å²) in [7, 11) is 0. The molecule has 0 aromatic carbocycles. The molecule has 106 valence electrons. The summed E-state index contributed by atoms with van der Waals surface area (Å²) >= 11 is 0. The molecule has 0 aliphatic rings. The van der Waals surface area contributed by atoms with Gasteiger partial charge in [-0.1, -0.05) is 18.2 Å². The average molecular weight is 310 g/mol. The molecule has 3 nitrogen and oxygen atoms in total. The molecule has 3 rings (SSSR count). The van der Waals surface area contributed by atoms with E-state index < -0.39 is 0 Å². The van der Waals surface area contributed by atoms with Gasteiger partial charge < -0.3 is 0 Å². The van der Waals surface area contributed by atoms with E-state index in [0.29, 0.717) is 0 Å². The Morgan fingerprint density at radius 2 is 0.500 bits per heavy atom. The van der Waals surface area contributed by atoms with Gasteiger partial charge in [-0.15, -0.1) is 24.8 Å². The zero-order valence-corrected chi connectivity index (χ0v) is 12.5. The molecular weight excluding hydrogens is 293 g/mol. The van der Waals surface area contributed by atoms with Crippen molar-refractivity contribution in [3.05, 3.63) is 91.8 Å². The Hall–Kier alpha value is -1.97. The first-order chi connectivity index (χ1) is 9.00. The summed E-state index contributed by atoms with van der Waals surface area (Å²) in [6.45, 7) is 0. The van der Waals surface area contributed by atoms with Crippen LogP contribution < -0.4 is 0 Å². The van der Waals surface area contributed by atoms with Gasteiger partial charge in [-0.25, -0.2) is 0 Å². The first-order valence-electron chi connectivity index (χ1n) is 5.55. The smallest absolute Gasteiger partial charge is 0.0267 e. The molecule has 0 aliphatic heterocycles. The molecule has 0 spiro atoms. The van der Waals surface area contributed by atoms with Crippen LogP contribution in [0, 0.1) is 0 Å². The molecule has 20 heavy (non-hydrogen) atoms. The average Bonchev–Trinajstić information content (AvgIpc) is 2.54. The normalized spacial score (nSPS) is 7.20. The van der Waals surface area contributed by atoms with Crippen LogP contribution in [0.15, 0.2) is 91.8 Å². The maximum Gasteiger partial charge on any atom is 0.0267 e. The second-order valence-electron chi connectivity index (χ2n) is 3.07. The standard InChI is InChI=1S/3C5H5N.2ClH/c3*1-2-4-6-5-3-1;;/h3*1-5H;2*1H. The van der Waals surface area contributed by atoms with Crippen molar-refractivity contribution < 1.29 is 0 Å². The molecule has 3 heterocycles. The minimum atomic E-state index is 0. The van der Waals surface area contributed by atoms with Crippen molar-refractivity contribution in [1.82, 2.24) is 15.0 Å². The first-order valence-corrected chi connectivity index (χ1v) is 5.55. The van der Waals surface area contributed by atoms with Gasteiger partial charge in [0.2, 0.25) is 0 Å². The number of hydrogen-bond acceptors (Lipinski definition) is 3. The topological polar surface area (TPSA) is 38.7 Å². The van der Waals surface area contributed by atoms with E-state index in [1.165, 1.54) is 0 Å². The quantitative estimate of drug-likeness (QED) is 0.628. The van der Waals surface area contributed by atoms with Crippen LogP contribution in [0.1, 0.15) is 0 Å². The molecule has 0 atom stereocenters. The van der Waals surface area contributed by atoms with Gasteiger partial charge in [0, 0.05) is 37.2 Å². The van der Waals surface area contributed by atoms with Crippen molar-refractivity contribution in [2.24, 2.45) is 0 Å². The van der Waals surface area contributed by atoms with Crippen molar-refractivity contribution in [1.29, 1.82) is 0 Å². The summed E-state index contributed by atoms with van der Waals surface area (Å²) in [4.78, 5) is 11.4. The van der Waals surface area contributed by atoms with Gasteiger partial charge in [0.1, 0.15) is 0 Å². The lowest BCUT2D eigenvalue weighted by Crippen LogP contribution is -1.58. The van der Waals surface area contributed by atoms with Crippen LogP contribution >= 0.6 is 24.8 Å². The summed E-state index contributed by atoms with van der Waals surface area (Å²) in [5.41, 5.74) is 0. The molecule has 0 unspecified atom stereocenters. The molecule has 0 amide bonds. The van der Waals surface area contributed by atoms with Crippen LogP contribution in [0.25, 0.3) is 0 Å². The van der Waals surface area contributed by atoms with Gasteiger partial charge in [-0.05, 0) is 36.4 Å². The zero-order valence-electron chi connectivity index (χ0n) is 10.8. The number of halogens is 2. The Balaban J connectivity index is 0. The molecular formula is C15H17Cl2N3. The van der Waals surface area contributed by atoms with Gasteiger partial charge >= 0.3 is 0 Å². The maximum atomic E-state index is 3.78. The second-order valence-corrected chi connectivity index (χ2v) is 3.07. The predicted octanol–water partition coefficient (Wildman–Crippen LogP) is 4.09. The van der Waals surface area contributed by atoms with E-state index in [0.717, 1.165) is 0 Å². The van der Waals surface area contributed by atoms with E-state index in [-0.39, 0.29) is 24.8 Å². The molecule has 0 N–H and O–H groups in total. The van der Waals surface area contributed by atoms with E-state index in [1.807, 2.05) is 54.6 Å². The molecule has 0 aliphatic carbocycles. The van der Waals surface area contributed by atoms with Crippen molar-refractivity contribution in [3.8, 4) is 0 Å². The van der Waals surface area contributed by atoms with Crippen LogP contribution in [-0.2, 0) is 0 Å². The summed E-state index contributed by atoms with van der Waals surface area (Å²) in [5.74, 6) is 0. The Morgan fingerprint density at radius 1 is 0.300 bits per heavy atom. The van der Waals surface area contributed by atoms with Crippen LogP contribution in [0.5, 0.6) is 0 Å². The third-order valence-electron chi connectivity index (χ3n) is 1.70. The van der Waals surface area contributed by atoms with Gasteiger partial charge in [-0.3, -0.25) is 15.0 Å². The molecule has 3 aromatic rings. The third kappa shape index (κ3) is 14.1. The molecule has 0 radical (unpaired) electrons. The Labute approximate surface area is 132 Å². The van der Waals surface area contributed by atoms with E-state index >= 15 is 0 Å². The molecule has 0 saturated heterocycles. The summed E-state index contributed by atoms with van der Waals surface area (Å²) in [5, 5.41) is 0. The minimum absolute atomic E-state index is 0. The molecule has 0 bridgehead atoms. The summed E-state index contributed by atoms with van der Waals surface area (Å²) < 4.78 is 0. The second kappa shape index (κ2) is 17.0. The lowest BCUT2D eigenvalue weighted by atomic mass is 10.5. The van der Waals surface area contributed by atoms with Crippen LogP contribution in [0.4, 0.5) is 0 Å². The molecule has 3 aromatic heterocycles. The fourth-order valence-corrected chi connectivity index (χ4v) is 0.938. The van der Waals surface area contributed by atoms with Crippen LogP contribution in [0.3, 0.4) is 0 Å². The van der Waals surface area contributed by atoms with E-state index in [9.17, 15) is 0 Å². The predicted molar refractivity (Wildman–Crippen MR) is 87.2 cm³/mol. The van der Waals surface area contributed by atoms with Crippen LogP contribution in [0.2, 0.25) is 0 Å². The molecule has 5 heteroatoms. The van der Waals surface area contributed by atoms with Crippen molar-refractivity contribution in [3.63, 3.8) is 0 Å². The Morgan fingerprint density at radius 3 is 0.550 bits per heavy atom. The highest BCUT2D eigenvalue weighted by Crippen LogP contribution is 1.74. The lowest BCUT2D eigenvalue weighted by Gasteiger charge is -1.70. The first kappa shape index (κ1) is 20.3. The number of rotatable bonds is 0. The van der Waals surface area contributed by atoms with Gasteiger partial charge in [0.25, 0.3) is 0 Å². The van der Waals surface area contributed by atoms with Crippen molar-refractivity contribution in [2.75, 3.05) is 0 Å². The Bertz CT molecular complexity index is 312. The molecule has 0 saturated carbocycles. The number of nitrogens with zero attached hydrogens (tertiary/aromatic N) is 3. The van der Waals surface area contributed by atoms with Crippen molar-refractivity contribution >= 4 is 24.8 Å². The maximum absolute atomic E-state index is 3.78. The highest BCUT2D eigenvalue weighted by Gasteiger charge is 1.59. The highest BCUT2D eigenvalue weighted by molar-refractivity contribution is 5.85. The molecule has 0 fully saturated rings. The number of aromatic nitrogens is 3. The van der Waals surface area contributed by atoms with E-state index in [4.69, 9.17) is 0 Å². The van der Waals surface area contributed by atoms with Gasteiger partial charge in [0.15, 0.2) is 0 Å². The number of pyridine rings is 3. The SMILES string of the molecule is Cl.Cl.c1ccncc1.c1ccncc1.c1ccncc1. The fraction of sp³-hybridized carbons (Fsp3) is 0. The number of hydrogen-bond donors (Lipinski definition) is 0. The lowest BCUT2D eigenvalue weighted by molar-refractivity contribution is 1.33. The third-order valence-corrected chi connectivity index (χ3v) is 1.70. The zero-order chi connectivity index (χ0) is 12.7. The van der Waals surface area contributed by atoms with E-state index in [2.05, 4.69) is 15.0 Å². The summed E-state index contributed by atoms with van der Waals surface area (Å²) in [6, 6.07) is 17.1. The summed E-state index contributed by atoms with van der Waals surface area (Å²) in [6.07, 6.45) is 10.5.